The zero-order chi connectivity index (χ0) is 19.0. The summed E-state index contributed by atoms with van der Waals surface area (Å²) in [6.07, 6.45) is -0.441. The van der Waals surface area contributed by atoms with Crippen LogP contribution in [0.1, 0.15) is 17.9 Å². The van der Waals surface area contributed by atoms with Crippen LogP contribution in [0.15, 0.2) is 28.7 Å². The predicted octanol–water partition coefficient (Wildman–Crippen LogP) is 3.20. The van der Waals surface area contributed by atoms with Gasteiger partial charge in [0.25, 0.3) is 0 Å². The largest absolute Gasteiger partial charge is 0.550 e. The Morgan fingerprint density at radius 3 is 2.15 bits per heavy atom. The second-order valence-electron chi connectivity index (χ2n) is 5.19. The summed E-state index contributed by atoms with van der Waals surface area (Å²) < 4.78 is 72.8. The molecule has 0 radical (unpaired) electrons. The fraction of sp³-hybridized carbons (Fsp3) is 0.0588. The average Bonchev–Trinajstić information content (AvgIpc) is 3.04. The van der Waals surface area contributed by atoms with Gasteiger partial charge in [-0.25, -0.2) is 26.9 Å². The second-order valence-corrected chi connectivity index (χ2v) is 5.19. The van der Waals surface area contributed by atoms with E-state index in [9.17, 15) is 31.9 Å². The van der Waals surface area contributed by atoms with Crippen molar-refractivity contribution in [2.45, 2.75) is 6.42 Å². The van der Waals surface area contributed by atoms with Crippen molar-refractivity contribution in [1.29, 1.82) is 0 Å². The molecule has 9 heteroatoms. The third-order valence-electron chi connectivity index (χ3n) is 3.47. The summed E-state index contributed by atoms with van der Waals surface area (Å²) in [4.78, 5) is 14.9. The van der Waals surface area contributed by atoms with Gasteiger partial charge in [-0.2, -0.15) is 0 Å². The van der Waals surface area contributed by atoms with Gasteiger partial charge >= 0.3 is 0 Å². The summed E-state index contributed by atoms with van der Waals surface area (Å²) in [7, 11) is 0. The number of fused-ring (bicyclic) bond motifs is 1. The Balaban J connectivity index is 2.22. The van der Waals surface area contributed by atoms with Crippen LogP contribution in [-0.4, -0.2) is 11.0 Å². The number of oxazole rings is 1. The van der Waals surface area contributed by atoms with Crippen molar-refractivity contribution in [3.05, 3.63) is 64.8 Å². The van der Waals surface area contributed by atoms with Gasteiger partial charge in [0, 0.05) is 18.0 Å². The van der Waals surface area contributed by atoms with Crippen LogP contribution < -0.4 is 5.11 Å². The van der Waals surface area contributed by atoms with Gasteiger partial charge < -0.3 is 14.3 Å². The van der Waals surface area contributed by atoms with Crippen molar-refractivity contribution in [3.8, 4) is 0 Å². The van der Waals surface area contributed by atoms with E-state index < -0.39 is 52.6 Å². The molecule has 2 aromatic carbocycles. The summed E-state index contributed by atoms with van der Waals surface area (Å²) in [5.41, 5.74) is -1.18. The molecule has 0 aliphatic carbocycles. The summed E-state index contributed by atoms with van der Waals surface area (Å²) in [6.45, 7) is 0. The molecule has 1 aromatic heterocycles. The molecule has 0 atom stereocenters. The van der Waals surface area contributed by atoms with E-state index in [0.29, 0.717) is 11.6 Å². The maximum absolute atomic E-state index is 13.8. The summed E-state index contributed by atoms with van der Waals surface area (Å²) in [5.74, 6) is -12.8. The number of carboxylic acid groups (broad SMARTS) is 1. The highest BCUT2D eigenvalue weighted by molar-refractivity contribution is 5.90. The minimum atomic E-state index is -2.32. The highest BCUT2D eigenvalue weighted by Gasteiger charge is 2.25. The van der Waals surface area contributed by atoms with Crippen LogP contribution in [0.3, 0.4) is 0 Å². The predicted molar refractivity (Wildman–Crippen MR) is 77.7 cm³/mol. The van der Waals surface area contributed by atoms with Crippen molar-refractivity contribution in [2.24, 2.45) is 0 Å². The SMILES string of the molecule is O=C([O-])C/C(=C\c1c(F)c(F)c(F)c(F)c1F)c1nc2ccccc2o1. The smallest absolute Gasteiger partial charge is 0.223 e. The lowest BCUT2D eigenvalue weighted by Gasteiger charge is -2.08. The van der Waals surface area contributed by atoms with Crippen molar-refractivity contribution in [1.82, 2.24) is 4.98 Å². The molecule has 0 saturated carbocycles. The quantitative estimate of drug-likeness (QED) is 0.403. The number of nitrogens with zero attached hydrogens (tertiary/aromatic N) is 1. The number of carbonyl (C=O) groups is 1. The fourth-order valence-electron chi connectivity index (χ4n) is 2.28. The highest BCUT2D eigenvalue weighted by atomic mass is 19.2. The molecule has 0 fully saturated rings. The molecule has 134 valence electrons. The number of aliphatic carboxylic acids is 1. The number of aromatic nitrogens is 1. The average molecular weight is 368 g/mol. The Hall–Kier alpha value is -3.23. The molecule has 0 aliphatic heterocycles. The Morgan fingerprint density at radius 2 is 1.58 bits per heavy atom. The normalized spacial score (nSPS) is 12.0. The Bertz CT molecular complexity index is 996. The van der Waals surface area contributed by atoms with Gasteiger partial charge in [0.15, 0.2) is 28.9 Å². The van der Waals surface area contributed by atoms with E-state index in [1.54, 1.807) is 12.1 Å². The zero-order valence-electron chi connectivity index (χ0n) is 12.7. The van der Waals surface area contributed by atoms with E-state index >= 15 is 0 Å². The monoisotopic (exact) mass is 368 g/mol. The van der Waals surface area contributed by atoms with Crippen molar-refractivity contribution < 1.29 is 36.3 Å². The Labute approximate surface area is 142 Å². The van der Waals surface area contributed by atoms with Crippen LogP contribution in [-0.2, 0) is 4.79 Å². The molecular formula is C17H7F5NO3-. The van der Waals surface area contributed by atoms with E-state index in [4.69, 9.17) is 4.42 Å². The molecule has 0 saturated heterocycles. The lowest BCUT2D eigenvalue weighted by Crippen LogP contribution is -2.22. The number of carboxylic acids is 1. The van der Waals surface area contributed by atoms with Gasteiger partial charge in [-0.15, -0.1) is 0 Å². The summed E-state index contributed by atoms with van der Waals surface area (Å²) >= 11 is 0. The Morgan fingerprint density at radius 1 is 1.00 bits per heavy atom. The first-order valence-corrected chi connectivity index (χ1v) is 7.07. The number of rotatable bonds is 4. The zero-order valence-corrected chi connectivity index (χ0v) is 12.7. The highest BCUT2D eigenvalue weighted by Crippen LogP contribution is 2.29. The first kappa shape index (κ1) is 17.6. The molecule has 0 bridgehead atoms. The second kappa shape index (κ2) is 6.58. The summed E-state index contributed by atoms with van der Waals surface area (Å²) in [6, 6.07) is 6.24. The van der Waals surface area contributed by atoms with Crippen LogP contribution in [0.2, 0.25) is 0 Å². The van der Waals surface area contributed by atoms with E-state index in [0.717, 1.165) is 0 Å². The number of halogens is 5. The van der Waals surface area contributed by atoms with E-state index in [-0.39, 0.29) is 11.5 Å². The van der Waals surface area contributed by atoms with Gasteiger partial charge in [-0.1, -0.05) is 12.1 Å². The molecule has 0 spiro atoms. The molecule has 0 aliphatic rings. The van der Waals surface area contributed by atoms with Crippen LogP contribution in [0, 0.1) is 29.1 Å². The Kier molecular flexibility index (Phi) is 4.45. The van der Waals surface area contributed by atoms with Crippen molar-refractivity contribution >= 4 is 28.7 Å². The molecule has 0 unspecified atom stereocenters. The van der Waals surface area contributed by atoms with Crippen LogP contribution in [0.25, 0.3) is 22.7 Å². The molecule has 4 nitrogen and oxygen atoms in total. The van der Waals surface area contributed by atoms with Gasteiger partial charge in [0.2, 0.25) is 11.7 Å². The topological polar surface area (TPSA) is 66.2 Å². The van der Waals surface area contributed by atoms with Crippen LogP contribution >= 0.6 is 0 Å². The summed E-state index contributed by atoms with van der Waals surface area (Å²) in [5, 5.41) is 10.9. The molecule has 26 heavy (non-hydrogen) atoms. The lowest BCUT2D eigenvalue weighted by atomic mass is 10.1. The number of carbonyl (C=O) groups excluding carboxylic acids is 1. The first-order valence-electron chi connectivity index (χ1n) is 7.07. The third-order valence-corrected chi connectivity index (χ3v) is 3.47. The minimum absolute atomic E-state index is 0.240. The van der Waals surface area contributed by atoms with Gasteiger partial charge in [-0.3, -0.25) is 0 Å². The van der Waals surface area contributed by atoms with Crippen molar-refractivity contribution in [2.75, 3.05) is 0 Å². The van der Waals surface area contributed by atoms with Gasteiger partial charge in [0.1, 0.15) is 5.52 Å². The minimum Gasteiger partial charge on any atom is -0.550 e. The maximum Gasteiger partial charge on any atom is 0.223 e. The first-order chi connectivity index (χ1) is 12.3. The number of hydrogen-bond acceptors (Lipinski definition) is 4. The van der Waals surface area contributed by atoms with Gasteiger partial charge in [-0.05, 0) is 18.2 Å². The molecule has 0 N–H and O–H groups in total. The fourth-order valence-corrected chi connectivity index (χ4v) is 2.28. The number of benzene rings is 2. The van der Waals surface area contributed by atoms with Gasteiger partial charge in [0.05, 0.1) is 5.56 Å². The lowest BCUT2D eigenvalue weighted by molar-refractivity contribution is -0.304. The van der Waals surface area contributed by atoms with Crippen LogP contribution in [0.4, 0.5) is 22.0 Å². The van der Waals surface area contributed by atoms with Crippen LogP contribution in [0.5, 0.6) is 0 Å². The standard InChI is InChI=1S/C17H8F5NO3/c18-12-8(13(19)15(21)16(22)14(12)20)5-7(6-11(24)25)17-23-9-3-1-2-4-10(9)26-17/h1-5H,6H2,(H,24,25)/p-1/b7-5+. The van der Waals surface area contributed by atoms with E-state index in [1.807, 2.05) is 0 Å². The molecule has 0 amide bonds. The molecule has 3 aromatic rings. The number of hydrogen-bond donors (Lipinski definition) is 0. The molecule has 1 heterocycles. The molecular weight excluding hydrogens is 361 g/mol. The third kappa shape index (κ3) is 3.03. The van der Waals surface area contributed by atoms with E-state index in [1.165, 1.54) is 12.1 Å². The van der Waals surface area contributed by atoms with Crippen molar-refractivity contribution in [3.63, 3.8) is 0 Å². The molecule has 3 rings (SSSR count). The van der Waals surface area contributed by atoms with E-state index in [2.05, 4.69) is 4.98 Å². The maximum atomic E-state index is 13.8. The number of para-hydroxylation sites is 2.